The smallest absolute Gasteiger partial charge is 0.339 e. The van der Waals surface area contributed by atoms with Gasteiger partial charge < -0.3 is 29.9 Å². The number of hydrogen-bond acceptors (Lipinski definition) is 6. The third kappa shape index (κ3) is 10.00. The molecule has 8 nitrogen and oxygen atoms in total. The van der Waals surface area contributed by atoms with Gasteiger partial charge in [-0.3, -0.25) is 4.79 Å². The number of para-hydroxylation sites is 1. The Hall–Kier alpha value is -3.52. The number of phenols is 1. The zero-order valence-corrected chi connectivity index (χ0v) is 21.6. The summed E-state index contributed by atoms with van der Waals surface area (Å²) >= 11 is 0. The van der Waals surface area contributed by atoms with Crippen molar-refractivity contribution in [3.8, 4) is 17.2 Å². The minimum atomic E-state index is -1.11. The monoisotopic (exact) mass is 498 g/mol. The van der Waals surface area contributed by atoms with E-state index in [1.165, 1.54) is 25.0 Å². The highest BCUT2D eigenvalue weighted by Gasteiger charge is 2.18. The molecule has 0 aliphatic heterocycles. The van der Waals surface area contributed by atoms with E-state index in [4.69, 9.17) is 19.7 Å². The standard InChI is InChI=1S/C21H32N2O3.C7H6O3/c1-16-5-9-18(10-6-16)22-21(24)12-8-17-7-11-19(20(15-17)25-4)26-14-13-23(2)3;8-6-4-2-1-3-5(6)7(9)10/h7-8,11-12,15-16,18H,5-6,9-10,13-14H2,1-4H3,(H,22,24);1-4,8H,(H,9,10). The molecule has 1 aliphatic rings. The first kappa shape index (κ1) is 28.7. The van der Waals surface area contributed by atoms with Crippen LogP contribution in [-0.2, 0) is 4.79 Å². The van der Waals surface area contributed by atoms with Crippen molar-refractivity contribution in [1.29, 1.82) is 0 Å². The molecule has 3 rings (SSSR count). The van der Waals surface area contributed by atoms with E-state index in [9.17, 15) is 9.59 Å². The van der Waals surface area contributed by atoms with Gasteiger partial charge in [-0.25, -0.2) is 4.79 Å². The predicted molar refractivity (Wildman–Crippen MR) is 141 cm³/mol. The molecule has 2 aromatic carbocycles. The summed E-state index contributed by atoms with van der Waals surface area (Å²) in [5.41, 5.74) is 0.844. The fraction of sp³-hybridized carbons (Fsp3) is 0.429. The van der Waals surface area contributed by atoms with Crippen LogP contribution in [0.15, 0.2) is 48.5 Å². The second-order valence-corrected chi connectivity index (χ2v) is 9.18. The fourth-order valence-electron chi connectivity index (χ4n) is 3.73. The normalized spacial score (nSPS) is 17.2. The molecule has 1 saturated carbocycles. The minimum Gasteiger partial charge on any atom is -0.507 e. The molecule has 0 atom stereocenters. The topological polar surface area (TPSA) is 108 Å². The number of aromatic hydroxyl groups is 1. The van der Waals surface area contributed by atoms with Gasteiger partial charge in [0, 0.05) is 18.7 Å². The van der Waals surface area contributed by atoms with Crippen molar-refractivity contribution in [2.24, 2.45) is 5.92 Å². The Balaban J connectivity index is 0.000000380. The van der Waals surface area contributed by atoms with Crippen LogP contribution in [0.25, 0.3) is 6.08 Å². The van der Waals surface area contributed by atoms with E-state index in [0.29, 0.717) is 24.1 Å². The molecule has 36 heavy (non-hydrogen) atoms. The molecule has 3 N–H and O–H groups in total. The molecule has 0 spiro atoms. The number of hydrogen-bond donors (Lipinski definition) is 3. The highest BCUT2D eigenvalue weighted by Crippen LogP contribution is 2.28. The van der Waals surface area contributed by atoms with E-state index >= 15 is 0 Å². The van der Waals surface area contributed by atoms with Gasteiger partial charge in [0.25, 0.3) is 0 Å². The highest BCUT2D eigenvalue weighted by atomic mass is 16.5. The maximum atomic E-state index is 12.1. The van der Waals surface area contributed by atoms with Gasteiger partial charge in [-0.2, -0.15) is 0 Å². The second-order valence-electron chi connectivity index (χ2n) is 9.18. The van der Waals surface area contributed by atoms with Crippen LogP contribution < -0.4 is 14.8 Å². The van der Waals surface area contributed by atoms with Gasteiger partial charge in [0.05, 0.1) is 7.11 Å². The summed E-state index contributed by atoms with van der Waals surface area (Å²) in [7, 11) is 5.64. The number of carboxylic acid groups (broad SMARTS) is 1. The van der Waals surface area contributed by atoms with Crippen LogP contribution in [0.3, 0.4) is 0 Å². The van der Waals surface area contributed by atoms with Crippen LogP contribution in [0.5, 0.6) is 17.2 Å². The van der Waals surface area contributed by atoms with Crippen molar-refractivity contribution in [2.45, 2.75) is 38.6 Å². The lowest BCUT2D eigenvalue weighted by atomic mass is 9.87. The molecule has 1 amide bonds. The number of carbonyl (C=O) groups excluding carboxylic acids is 1. The number of nitrogens with zero attached hydrogens (tertiary/aromatic N) is 1. The number of ether oxygens (including phenoxy) is 2. The predicted octanol–water partition coefficient (Wildman–Crippen LogP) is 4.43. The van der Waals surface area contributed by atoms with E-state index in [1.807, 2.05) is 38.4 Å². The fourth-order valence-corrected chi connectivity index (χ4v) is 3.73. The Morgan fingerprint density at radius 2 is 1.78 bits per heavy atom. The van der Waals surface area contributed by atoms with E-state index < -0.39 is 5.97 Å². The lowest BCUT2D eigenvalue weighted by Gasteiger charge is -2.26. The number of amides is 1. The summed E-state index contributed by atoms with van der Waals surface area (Å²) in [6, 6.07) is 11.8. The maximum absolute atomic E-state index is 12.1. The Morgan fingerprint density at radius 1 is 1.08 bits per heavy atom. The average molecular weight is 499 g/mol. The van der Waals surface area contributed by atoms with Crippen molar-refractivity contribution in [2.75, 3.05) is 34.4 Å². The first-order valence-electron chi connectivity index (χ1n) is 12.1. The summed E-state index contributed by atoms with van der Waals surface area (Å²) in [5, 5.41) is 20.4. The van der Waals surface area contributed by atoms with Gasteiger partial charge >= 0.3 is 5.97 Å². The number of likely N-dealkylation sites (N-methyl/N-ethyl adjacent to an activating group) is 1. The highest BCUT2D eigenvalue weighted by molar-refractivity contribution is 5.92. The van der Waals surface area contributed by atoms with Crippen molar-refractivity contribution in [1.82, 2.24) is 10.2 Å². The minimum absolute atomic E-state index is 0.0326. The molecule has 1 aliphatic carbocycles. The van der Waals surface area contributed by atoms with Crippen LogP contribution in [0.2, 0.25) is 0 Å². The maximum Gasteiger partial charge on any atom is 0.339 e. The molecule has 0 aromatic heterocycles. The number of methoxy groups -OCH3 is 1. The number of aromatic carboxylic acids is 1. The van der Waals surface area contributed by atoms with Gasteiger partial charge in [-0.15, -0.1) is 0 Å². The first-order valence-corrected chi connectivity index (χ1v) is 12.1. The third-order valence-electron chi connectivity index (χ3n) is 5.91. The Bertz CT molecular complexity index is 1010. The van der Waals surface area contributed by atoms with E-state index in [1.54, 1.807) is 25.3 Å². The molecule has 2 aromatic rings. The summed E-state index contributed by atoms with van der Waals surface area (Å²) < 4.78 is 11.2. The average Bonchev–Trinajstić information content (AvgIpc) is 2.85. The van der Waals surface area contributed by atoms with Crippen molar-refractivity contribution in [3.05, 3.63) is 59.7 Å². The molecule has 8 heteroatoms. The lowest BCUT2D eigenvalue weighted by molar-refractivity contribution is -0.117. The number of carboxylic acids is 1. The molecule has 0 bridgehead atoms. The molecule has 0 radical (unpaired) electrons. The molecule has 0 heterocycles. The Kier molecular flexibility index (Phi) is 11.8. The molecular weight excluding hydrogens is 460 g/mol. The van der Waals surface area contributed by atoms with E-state index in [0.717, 1.165) is 30.9 Å². The summed E-state index contributed by atoms with van der Waals surface area (Å²) in [6.07, 6.45) is 7.95. The van der Waals surface area contributed by atoms with Crippen LogP contribution in [0, 0.1) is 5.92 Å². The molecular formula is C28H38N2O6. The lowest BCUT2D eigenvalue weighted by Crippen LogP contribution is -2.36. The van der Waals surface area contributed by atoms with Crippen molar-refractivity contribution >= 4 is 18.0 Å². The molecule has 196 valence electrons. The summed E-state index contributed by atoms with van der Waals surface area (Å²) in [5.74, 6) is 0.826. The van der Waals surface area contributed by atoms with E-state index in [2.05, 4.69) is 17.1 Å². The van der Waals surface area contributed by atoms with Gasteiger partial charge in [-0.1, -0.05) is 25.1 Å². The summed E-state index contributed by atoms with van der Waals surface area (Å²) in [6.45, 7) is 3.71. The number of nitrogens with one attached hydrogen (secondary N) is 1. The first-order chi connectivity index (χ1) is 17.2. The second kappa shape index (κ2) is 14.8. The van der Waals surface area contributed by atoms with Crippen LogP contribution in [-0.4, -0.2) is 67.4 Å². The largest absolute Gasteiger partial charge is 0.507 e. The van der Waals surface area contributed by atoms with Gasteiger partial charge in [0.15, 0.2) is 11.5 Å². The number of carbonyl (C=O) groups is 2. The zero-order chi connectivity index (χ0) is 26.5. The summed E-state index contributed by atoms with van der Waals surface area (Å²) in [4.78, 5) is 24.5. The van der Waals surface area contributed by atoms with Gasteiger partial charge in [0.1, 0.15) is 17.9 Å². The molecule has 0 saturated heterocycles. The zero-order valence-electron chi connectivity index (χ0n) is 21.6. The quantitative estimate of drug-likeness (QED) is 0.439. The molecule has 0 unspecified atom stereocenters. The van der Waals surface area contributed by atoms with Crippen LogP contribution in [0.4, 0.5) is 0 Å². The SMILES string of the molecule is COc1cc(C=CC(=O)NC2CCC(C)CC2)ccc1OCCN(C)C.O=C(O)c1ccccc1O. The van der Waals surface area contributed by atoms with Gasteiger partial charge in [-0.05, 0) is 81.6 Å². The Morgan fingerprint density at radius 3 is 2.36 bits per heavy atom. The van der Waals surface area contributed by atoms with E-state index in [-0.39, 0.29) is 17.2 Å². The van der Waals surface area contributed by atoms with Gasteiger partial charge in [0.2, 0.25) is 5.91 Å². The van der Waals surface area contributed by atoms with Crippen molar-refractivity contribution in [3.63, 3.8) is 0 Å². The number of benzene rings is 2. The van der Waals surface area contributed by atoms with Crippen molar-refractivity contribution < 1.29 is 29.3 Å². The molecule has 1 fully saturated rings. The van der Waals surface area contributed by atoms with Crippen LogP contribution >= 0.6 is 0 Å². The third-order valence-corrected chi connectivity index (χ3v) is 5.91. The Labute approximate surface area is 213 Å². The number of rotatable bonds is 9. The van der Waals surface area contributed by atoms with Crippen LogP contribution in [0.1, 0.15) is 48.5 Å².